The lowest BCUT2D eigenvalue weighted by molar-refractivity contribution is 0.0509. The molecule has 1 heterocycles. The van der Waals surface area contributed by atoms with Gasteiger partial charge in [0.15, 0.2) is 0 Å². The summed E-state index contributed by atoms with van der Waals surface area (Å²) < 4.78 is 5.69. The third-order valence-electron chi connectivity index (χ3n) is 3.89. The average Bonchev–Trinajstić information content (AvgIpc) is 2.51. The molecule has 0 aromatic heterocycles. The molecule has 0 saturated heterocycles. The van der Waals surface area contributed by atoms with E-state index in [4.69, 9.17) is 4.74 Å². The number of hydrogen-bond donors (Lipinski definition) is 3. The average molecular weight is 284 g/mol. The largest absolute Gasteiger partial charge is 0.493 e. The van der Waals surface area contributed by atoms with Gasteiger partial charge in [0.2, 0.25) is 0 Å². The molecule has 0 radical (unpaired) electrons. The second kappa shape index (κ2) is 5.89. The van der Waals surface area contributed by atoms with Crippen LogP contribution in [0.15, 0.2) is 48.5 Å². The lowest BCUT2D eigenvalue weighted by atomic mass is 9.78. The van der Waals surface area contributed by atoms with Crippen LogP contribution < -0.4 is 10.2 Å². The summed E-state index contributed by atoms with van der Waals surface area (Å²) in [4.78, 5) is 0. The highest BCUT2D eigenvalue weighted by Crippen LogP contribution is 2.36. The van der Waals surface area contributed by atoms with Crippen LogP contribution in [0, 0.1) is 5.92 Å². The summed E-state index contributed by atoms with van der Waals surface area (Å²) in [5, 5.41) is 28.9. The van der Waals surface area contributed by atoms with E-state index >= 15 is 0 Å². The Labute approximate surface area is 123 Å². The van der Waals surface area contributed by atoms with Crippen molar-refractivity contribution in [3.05, 3.63) is 59.7 Å². The second-order valence-electron chi connectivity index (χ2n) is 5.38. The highest BCUT2D eigenvalue weighted by atomic mass is 16.5. The monoisotopic (exact) mass is 284 g/mol. The zero-order valence-corrected chi connectivity index (χ0v) is 11.5. The number of benzene rings is 2. The number of fused-ring (bicyclic) bond motifs is 1. The number of ether oxygens (including phenoxy) is 1. The van der Waals surface area contributed by atoms with E-state index in [0.29, 0.717) is 23.4 Å². The van der Waals surface area contributed by atoms with Gasteiger partial charge in [-0.2, -0.15) is 0 Å². The van der Waals surface area contributed by atoms with Crippen molar-refractivity contribution in [2.45, 2.75) is 12.5 Å². The summed E-state index contributed by atoms with van der Waals surface area (Å²) in [7, 11) is -1.53. The Morgan fingerprint density at radius 3 is 2.57 bits per heavy atom. The molecule has 0 spiro atoms. The third-order valence-corrected chi connectivity index (χ3v) is 3.89. The number of rotatable bonds is 3. The predicted molar refractivity (Wildman–Crippen MR) is 80.4 cm³/mol. The lowest BCUT2D eigenvalue weighted by Crippen LogP contribution is -2.33. The van der Waals surface area contributed by atoms with Gasteiger partial charge in [-0.25, -0.2) is 0 Å². The molecular formula is C16H17BO4. The molecule has 0 bridgehead atoms. The van der Waals surface area contributed by atoms with Gasteiger partial charge >= 0.3 is 7.12 Å². The van der Waals surface area contributed by atoms with Gasteiger partial charge in [0, 0.05) is 11.5 Å². The molecule has 3 N–H and O–H groups in total. The molecule has 0 fully saturated rings. The summed E-state index contributed by atoms with van der Waals surface area (Å²) in [6.07, 6.45) is 0.130. The quantitative estimate of drug-likeness (QED) is 0.724. The van der Waals surface area contributed by atoms with Crippen LogP contribution in [0.1, 0.15) is 17.2 Å². The van der Waals surface area contributed by atoms with Crippen molar-refractivity contribution >= 4 is 12.6 Å². The second-order valence-corrected chi connectivity index (χ2v) is 5.38. The maximum atomic E-state index is 10.5. The van der Waals surface area contributed by atoms with Crippen LogP contribution in [-0.4, -0.2) is 28.9 Å². The highest BCUT2D eigenvalue weighted by molar-refractivity contribution is 6.58. The first-order valence-corrected chi connectivity index (χ1v) is 7.00. The van der Waals surface area contributed by atoms with Crippen molar-refractivity contribution < 1.29 is 19.9 Å². The minimum absolute atomic E-state index is 0.00944. The Bertz CT molecular complexity index is 615. The Hall–Kier alpha value is -1.82. The van der Waals surface area contributed by atoms with Crippen molar-refractivity contribution in [3.8, 4) is 5.75 Å². The molecule has 2 aromatic rings. The van der Waals surface area contributed by atoms with Gasteiger partial charge in [-0.1, -0.05) is 42.5 Å². The van der Waals surface area contributed by atoms with Crippen LogP contribution in [0.3, 0.4) is 0 Å². The maximum absolute atomic E-state index is 10.5. The van der Waals surface area contributed by atoms with E-state index in [1.165, 1.54) is 0 Å². The molecule has 4 nitrogen and oxygen atoms in total. The van der Waals surface area contributed by atoms with Crippen molar-refractivity contribution in [3.63, 3.8) is 0 Å². The van der Waals surface area contributed by atoms with Gasteiger partial charge in [-0.15, -0.1) is 0 Å². The molecule has 0 aliphatic carbocycles. The number of aliphatic hydroxyl groups is 1. The van der Waals surface area contributed by atoms with E-state index in [1.54, 1.807) is 18.2 Å². The van der Waals surface area contributed by atoms with Crippen LogP contribution >= 0.6 is 0 Å². The molecule has 5 heteroatoms. The van der Waals surface area contributed by atoms with Gasteiger partial charge in [0.05, 0.1) is 12.7 Å². The number of aliphatic hydroxyl groups excluding tert-OH is 1. The van der Waals surface area contributed by atoms with Crippen LogP contribution in [0.4, 0.5) is 0 Å². The fourth-order valence-electron chi connectivity index (χ4n) is 2.71. The van der Waals surface area contributed by atoms with Crippen molar-refractivity contribution in [1.82, 2.24) is 0 Å². The predicted octanol–water partition coefficient (Wildman–Crippen LogP) is 0.651. The minimum atomic E-state index is -1.53. The Morgan fingerprint density at radius 2 is 1.86 bits per heavy atom. The molecule has 2 atom stereocenters. The van der Waals surface area contributed by atoms with E-state index < -0.39 is 13.2 Å². The van der Waals surface area contributed by atoms with Gasteiger partial charge in [0.25, 0.3) is 0 Å². The zero-order valence-electron chi connectivity index (χ0n) is 11.5. The van der Waals surface area contributed by atoms with E-state index in [0.717, 1.165) is 12.0 Å². The summed E-state index contributed by atoms with van der Waals surface area (Å²) in [5.74, 6) is 0.516. The Kier molecular flexibility index (Phi) is 3.97. The van der Waals surface area contributed by atoms with Crippen LogP contribution in [0.5, 0.6) is 5.75 Å². The molecule has 1 aliphatic rings. The molecule has 1 aliphatic heterocycles. The first-order chi connectivity index (χ1) is 10.1. The zero-order chi connectivity index (χ0) is 14.8. The molecule has 3 rings (SSSR count). The van der Waals surface area contributed by atoms with Gasteiger partial charge < -0.3 is 19.9 Å². The molecule has 0 saturated carbocycles. The van der Waals surface area contributed by atoms with Crippen LogP contribution in [-0.2, 0) is 6.42 Å². The molecule has 0 unspecified atom stereocenters. The van der Waals surface area contributed by atoms with Gasteiger partial charge in [-0.3, -0.25) is 0 Å². The lowest BCUT2D eigenvalue weighted by Gasteiger charge is -2.30. The van der Waals surface area contributed by atoms with E-state index in [2.05, 4.69) is 0 Å². The summed E-state index contributed by atoms with van der Waals surface area (Å²) >= 11 is 0. The summed E-state index contributed by atoms with van der Waals surface area (Å²) in [6.45, 7) is 0.411. The SMILES string of the molecule is OB(O)c1ccc2c(c1)OC[C@@H](Cc1ccccc1)[C@H]2O. The van der Waals surface area contributed by atoms with E-state index in [-0.39, 0.29) is 5.92 Å². The van der Waals surface area contributed by atoms with E-state index in [1.807, 2.05) is 30.3 Å². The molecule has 2 aromatic carbocycles. The van der Waals surface area contributed by atoms with Gasteiger partial charge in [0.1, 0.15) is 5.75 Å². The minimum Gasteiger partial charge on any atom is -0.493 e. The normalized spacial score (nSPS) is 20.5. The molecular weight excluding hydrogens is 267 g/mol. The Morgan fingerprint density at radius 1 is 1.10 bits per heavy atom. The third kappa shape index (κ3) is 2.95. The van der Waals surface area contributed by atoms with Crippen molar-refractivity contribution in [2.24, 2.45) is 5.92 Å². The Balaban J connectivity index is 1.81. The fraction of sp³-hybridized carbons (Fsp3) is 0.250. The standard InChI is InChI=1S/C16H17BO4/c18-16-12(8-11-4-2-1-3-5-11)10-21-15-9-13(17(19)20)6-7-14(15)16/h1-7,9,12,16,18-20H,8,10H2/t12-,16-/m1/s1. The van der Waals surface area contributed by atoms with Crippen LogP contribution in [0.25, 0.3) is 0 Å². The van der Waals surface area contributed by atoms with Gasteiger partial charge in [-0.05, 0) is 23.5 Å². The molecule has 108 valence electrons. The molecule has 21 heavy (non-hydrogen) atoms. The first kappa shape index (κ1) is 14.1. The smallest absolute Gasteiger partial charge is 0.488 e. The topological polar surface area (TPSA) is 69.9 Å². The highest BCUT2D eigenvalue weighted by Gasteiger charge is 2.30. The van der Waals surface area contributed by atoms with E-state index in [9.17, 15) is 15.2 Å². The number of hydrogen-bond acceptors (Lipinski definition) is 4. The summed E-state index contributed by atoms with van der Waals surface area (Å²) in [5.41, 5.74) is 2.23. The maximum Gasteiger partial charge on any atom is 0.488 e. The van der Waals surface area contributed by atoms with Crippen molar-refractivity contribution in [1.29, 1.82) is 0 Å². The molecule has 0 amide bonds. The first-order valence-electron chi connectivity index (χ1n) is 7.00. The van der Waals surface area contributed by atoms with Crippen LogP contribution in [0.2, 0.25) is 0 Å². The van der Waals surface area contributed by atoms with Crippen molar-refractivity contribution in [2.75, 3.05) is 6.61 Å². The summed E-state index contributed by atoms with van der Waals surface area (Å²) in [6, 6.07) is 14.9. The fourth-order valence-corrected chi connectivity index (χ4v) is 2.71.